The molecule has 4 heterocycles. The molecule has 2 fully saturated rings. The van der Waals surface area contributed by atoms with Crippen molar-refractivity contribution in [1.29, 1.82) is 0 Å². The summed E-state index contributed by atoms with van der Waals surface area (Å²) in [6.45, 7) is 0. The molecule has 2 atom stereocenters. The van der Waals surface area contributed by atoms with Crippen molar-refractivity contribution in [2.24, 2.45) is 5.92 Å². The molecule has 0 unspecified atom stereocenters. The predicted molar refractivity (Wildman–Crippen MR) is 130 cm³/mol. The number of ether oxygens (including phenoxy) is 1. The van der Waals surface area contributed by atoms with Crippen molar-refractivity contribution in [3.63, 3.8) is 0 Å². The molecule has 2 aliphatic heterocycles. The van der Waals surface area contributed by atoms with Gasteiger partial charge in [0.25, 0.3) is 5.91 Å². The largest absolute Gasteiger partial charge is 0.424 e. The van der Waals surface area contributed by atoms with Crippen LogP contribution in [0.25, 0.3) is 10.8 Å². The van der Waals surface area contributed by atoms with Gasteiger partial charge in [-0.3, -0.25) is 9.78 Å². The number of rotatable bonds is 5. The first-order valence-electron chi connectivity index (χ1n) is 11.9. The van der Waals surface area contributed by atoms with Gasteiger partial charge in [-0.2, -0.15) is 0 Å². The molecular formula is C28H26N4O2. The van der Waals surface area contributed by atoms with Gasteiger partial charge >= 0.3 is 6.01 Å². The fourth-order valence-corrected chi connectivity index (χ4v) is 5.67. The number of fused-ring (bicyclic) bond motifs is 3. The minimum atomic E-state index is 0.0992. The van der Waals surface area contributed by atoms with Crippen molar-refractivity contribution in [2.75, 3.05) is 0 Å². The Hall–Kier alpha value is -3.80. The lowest BCUT2D eigenvalue weighted by molar-refractivity contribution is 0.0524. The van der Waals surface area contributed by atoms with E-state index in [0.29, 0.717) is 29.3 Å². The molecule has 4 aromatic rings. The van der Waals surface area contributed by atoms with E-state index >= 15 is 0 Å². The van der Waals surface area contributed by atoms with Gasteiger partial charge in [0.05, 0.1) is 0 Å². The Morgan fingerprint density at radius 3 is 2.56 bits per heavy atom. The Kier molecular flexibility index (Phi) is 5.41. The summed E-state index contributed by atoms with van der Waals surface area (Å²) in [5, 5.41) is 2.42. The van der Waals surface area contributed by atoms with Gasteiger partial charge in [0.1, 0.15) is 5.75 Å². The summed E-state index contributed by atoms with van der Waals surface area (Å²) in [6, 6.07) is 18.7. The third-order valence-corrected chi connectivity index (χ3v) is 7.13. The summed E-state index contributed by atoms with van der Waals surface area (Å²) < 4.78 is 5.74. The van der Waals surface area contributed by atoms with Crippen LogP contribution in [-0.4, -0.2) is 37.8 Å². The first-order valence-corrected chi connectivity index (χ1v) is 11.9. The summed E-state index contributed by atoms with van der Waals surface area (Å²) in [6.07, 6.45) is 12.4. The monoisotopic (exact) mass is 450 g/mol. The molecule has 6 heteroatoms. The van der Waals surface area contributed by atoms with Gasteiger partial charge in [0, 0.05) is 47.8 Å². The SMILES string of the molecule is O=C(c1cccc(Oc2ncccn2)c1)N1[C@H]2CC[C@H]1CC(Cc1ccc3ccncc3c1)C2. The third-order valence-electron chi connectivity index (χ3n) is 7.13. The van der Waals surface area contributed by atoms with E-state index in [9.17, 15) is 4.79 Å². The minimum Gasteiger partial charge on any atom is -0.424 e. The Labute approximate surface area is 198 Å². The second-order valence-electron chi connectivity index (χ2n) is 9.36. The van der Waals surface area contributed by atoms with E-state index in [1.54, 1.807) is 24.5 Å². The highest BCUT2D eigenvalue weighted by Gasteiger charge is 2.43. The number of carbonyl (C=O) groups is 1. The van der Waals surface area contributed by atoms with E-state index in [2.05, 4.69) is 44.1 Å². The Morgan fingerprint density at radius 2 is 1.74 bits per heavy atom. The molecule has 6 rings (SSSR count). The molecule has 34 heavy (non-hydrogen) atoms. The number of benzene rings is 2. The van der Waals surface area contributed by atoms with E-state index in [1.807, 2.05) is 30.6 Å². The van der Waals surface area contributed by atoms with E-state index in [1.165, 1.54) is 16.3 Å². The number of aromatic nitrogens is 3. The number of carbonyl (C=O) groups excluding carboxylic acids is 1. The molecule has 2 aromatic heterocycles. The highest BCUT2D eigenvalue weighted by atomic mass is 16.5. The van der Waals surface area contributed by atoms with E-state index in [4.69, 9.17) is 4.74 Å². The highest BCUT2D eigenvalue weighted by Crippen LogP contribution is 2.41. The van der Waals surface area contributed by atoms with Crippen LogP contribution < -0.4 is 4.74 Å². The smallest absolute Gasteiger partial charge is 0.321 e. The average Bonchev–Trinajstić information content (AvgIpc) is 3.14. The Balaban J connectivity index is 1.15. The first kappa shape index (κ1) is 20.8. The van der Waals surface area contributed by atoms with E-state index < -0.39 is 0 Å². The predicted octanol–water partition coefficient (Wildman–Crippen LogP) is 5.44. The lowest BCUT2D eigenvalue weighted by Gasteiger charge is -2.39. The fourth-order valence-electron chi connectivity index (χ4n) is 5.67. The van der Waals surface area contributed by atoms with Crippen molar-refractivity contribution >= 4 is 16.7 Å². The standard InChI is InChI=1S/C28H26N4O2/c33-27(22-3-1-4-26(17-22)34-28-30-10-2-11-31-28)32-24-7-8-25(32)16-20(15-24)13-19-5-6-21-9-12-29-18-23(21)14-19/h1-6,9-12,14,17-18,20,24-25H,7-8,13,15-16H2/t24-,25-/m0/s1. The van der Waals surface area contributed by atoms with Gasteiger partial charge < -0.3 is 9.64 Å². The maximum absolute atomic E-state index is 13.5. The lowest BCUT2D eigenvalue weighted by Crippen LogP contribution is -2.46. The molecule has 0 spiro atoms. The molecule has 2 saturated heterocycles. The number of hydrogen-bond acceptors (Lipinski definition) is 5. The molecule has 0 radical (unpaired) electrons. The number of amides is 1. The molecule has 6 nitrogen and oxygen atoms in total. The summed E-state index contributed by atoms with van der Waals surface area (Å²) in [5.74, 6) is 1.27. The van der Waals surface area contributed by atoms with Crippen LogP contribution in [0.15, 0.2) is 79.4 Å². The van der Waals surface area contributed by atoms with Crippen molar-refractivity contribution in [1.82, 2.24) is 19.9 Å². The van der Waals surface area contributed by atoms with Crippen molar-refractivity contribution < 1.29 is 9.53 Å². The quantitative estimate of drug-likeness (QED) is 0.405. The zero-order valence-electron chi connectivity index (χ0n) is 18.9. The van der Waals surface area contributed by atoms with Crippen LogP contribution in [0.5, 0.6) is 11.8 Å². The van der Waals surface area contributed by atoms with Gasteiger partial charge in [0.15, 0.2) is 0 Å². The van der Waals surface area contributed by atoms with Crippen LogP contribution in [0.4, 0.5) is 0 Å². The third kappa shape index (κ3) is 4.12. The molecule has 0 saturated carbocycles. The molecule has 2 bridgehead atoms. The number of piperidine rings is 1. The zero-order chi connectivity index (χ0) is 22.9. The van der Waals surface area contributed by atoms with Crippen LogP contribution in [0.2, 0.25) is 0 Å². The van der Waals surface area contributed by atoms with Crippen molar-refractivity contribution in [2.45, 2.75) is 44.2 Å². The van der Waals surface area contributed by atoms with Gasteiger partial charge in [-0.25, -0.2) is 9.97 Å². The van der Waals surface area contributed by atoms with Crippen LogP contribution in [0, 0.1) is 5.92 Å². The summed E-state index contributed by atoms with van der Waals surface area (Å²) in [7, 11) is 0. The maximum atomic E-state index is 13.5. The van der Waals surface area contributed by atoms with Crippen molar-refractivity contribution in [3.05, 3.63) is 90.5 Å². The number of nitrogens with zero attached hydrogens (tertiary/aromatic N) is 4. The Bertz CT molecular complexity index is 1310. The Morgan fingerprint density at radius 1 is 0.912 bits per heavy atom. The summed E-state index contributed by atoms with van der Waals surface area (Å²) in [4.78, 5) is 28.1. The van der Waals surface area contributed by atoms with Crippen LogP contribution >= 0.6 is 0 Å². The molecule has 0 N–H and O–H groups in total. The summed E-state index contributed by atoms with van der Waals surface area (Å²) >= 11 is 0. The van der Waals surface area contributed by atoms with Gasteiger partial charge in [0.2, 0.25) is 0 Å². The topological polar surface area (TPSA) is 68.2 Å². The fraction of sp³-hybridized carbons (Fsp3) is 0.286. The maximum Gasteiger partial charge on any atom is 0.321 e. The minimum absolute atomic E-state index is 0.0992. The molecular weight excluding hydrogens is 424 g/mol. The normalized spacial score (nSPS) is 21.5. The molecule has 2 aromatic carbocycles. The van der Waals surface area contributed by atoms with Gasteiger partial charge in [-0.1, -0.05) is 18.2 Å². The lowest BCUT2D eigenvalue weighted by atomic mass is 9.85. The highest BCUT2D eigenvalue weighted by molar-refractivity contribution is 5.95. The molecule has 2 aliphatic rings. The van der Waals surface area contributed by atoms with E-state index in [0.717, 1.165) is 32.1 Å². The zero-order valence-corrected chi connectivity index (χ0v) is 18.9. The van der Waals surface area contributed by atoms with Crippen LogP contribution in [0.1, 0.15) is 41.6 Å². The van der Waals surface area contributed by atoms with Crippen LogP contribution in [-0.2, 0) is 6.42 Å². The van der Waals surface area contributed by atoms with Crippen molar-refractivity contribution in [3.8, 4) is 11.8 Å². The van der Waals surface area contributed by atoms with Crippen LogP contribution in [0.3, 0.4) is 0 Å². The van der Waals surface area contributed by atoms with Gasteiger partial charge in [-0.05, 0) is 85.4 Å². The van der Waals surface area contributed by atoms with Gasteiger partial charge in [-0.15, -0.1) is 0 Å². The summed E-state index contributed by atoms with van der Waals surface area (Å²) in [5.41, 5.74) is 2.02. The molecule has 1 amide bonds. The first-order chi connectivity index (χ1) is 16.7. The molecule has 0 aliphatic carbocycles. The van der Waals surface area contributed by atoms with E-state index in [-0.39, 0.29) is 11.9 Å². The molecule has 170 valence electrons. The number of pyridine rings is 1. The average molecular weight is 451 g/mol. The second-order valence-corrected chi connectivity index (χ2v) is 9.36. The second kappa shape index (κ2) is 8.86. The number of hydrogen-bond donors (Lipinski definition) is 0.